The standard InChI is InChI=1S/C15H17N3O/c1-9-5-10(2)18-13-6-15(3,4)19-8-12(13)11(7-16)14(18)17-9/h5H,6,8H2,1-4H3. The minimum absolute atomic E-state index is 0.189. The van der Waals surface area contributed by atoms with Gasteiger partial charge in [-0.3, -0.25) is 0 Å². The Morgan fingerprint density at radius 2 is 2.16 bits per heavy atom. The molecule has 0 aromatic carbocycles. The Labute approximate surface area is 112 Å². The highest BCUT2D eigenvalue weighted by atomic mass is 16.5. The van der Waals surface area contributed by atoms with Gasteiger partial charge in [-0.15, -0.1) is 0 Å². The molecule has 0 radical (unpaired) electrons. The first-order chi connectivity index (χ1) is 8.93. The van der Waals surface area contributed by atoms with Gasteiger partial charge in [0.25, 0.3) is 0 Å². The number of ether oxygens (including phenoxy) is 1. The quantitative estimate of drug-likeness (QED) is 0.727. The maximum atomic E-state index is 9.43. The molecule has 1 aliphatic heterocycles. The van der Waals surface area contributed by atoms with Crippen molar-refractivity contribution in [2.24, 2.45) is 0 Å². The van der Waals surface area contributed by atoms with Crippen LogP contribution in [0.4, 0.5) is 0 Å². The Kier molecular flexibility index (Phi) is 2.45. The van der Waals surface area contributed by atoms with Gasteiger partial charge < -0.3 is 9.14 Å². The van der Waals surface area contributed by atoms with Crippen LogP contribution in [0.1, 0.15) is 42.1 Å². The highest BCUT2D eigenvalue weighted by Gasteiger charge is 2.32. The fraction of sp³-hybridized carbons (Fsp3) is 0.467. The number of hydrogen-bond acceptors (Lipinski definition) is 3. The molecule has 19 heavy (non-hydrogen) atoms. The Balaban J connectivity index is 2.41. The molecule has 0 bridgehead atoms. The lowest BCUT2D eigenvalue weighted by atomic mass is 9.96. The van der Waals surface area contributed by atoms with Crippen molar-refractivity contribution in [1.29, 1.82) is 5.26 Å². The molecule has 4 heteroatoms. The average molecular weight is 255 g/mol. The van der Waals surface area contributed by atoms with Crippen molar-refractivity contribution in [3.8, 4) is 6.07 Å². The van der Waals surface area contributed by atoms with Gasteiger partial charge in [0, 0.05) is 29.1 Å². The molecule has 0 fully saturated rings. The van der Waals surface area contributed by atoms with Crippen LogP contribution in [0.3, 0.4) is 0 Å². The number of fused-ring (bicyclic) bond motifs is 3. The SMILES string of the molecule is Cc1cc(C)n2c3c(c(C#N)c2n1)COC(C)(C)C3. The number of aromatic nitrogens is 2. The predicted octanol–water partition coefficient (Wildman–Crippen LogP) is 2.67. The van der Waals surface area contributed by atoms with E-state index in [2.05, 4.69) is 42.3 Å². The van der Waals surface area contributed by atoms with E-state index in [9.17, 15) is 5.26 Å². The number of nitriles is 1. The van der Waals surface area contributed by atoms with Crippen LogP contribution in [0, 0.1) is 25.2 Å². The topological polar surface area (TPSA) is 50.3 Å². The normalized spacial score (nSPS) is 17.2. The third kappa shape index (κ3) is 1.73. The minimum atomic E-state index is -0.189. The van der Waals surface area contributed by atoms with Crippen LogP contribution in [-0.2, 0) is 17.8 Å². The molecule has 0 saturated carbocycles. The van der Waals surface area contributed by atoms with E-state index in [0.717, 1.165) is 29.0 Å². The summed E-state index contributed by atoms with van der Waals surface area (Å²) >= 11 is 0. The van der Waals surface area contributed by atoms with Crippen LogP contribution < -0.4 is 0 Å². The maximum absolute atomic E-state index is 9.43. The molecular formula is C15H17N3O. The van der Waals surface area contributed by atoms with Crippen LogP contribution in [0.5, 0.6) is 0 Å². The first kappa shape index (κ1) is 12.2. The Morgan fingerprint density at radius 3 is 2.84 bits per heavy atom. The second-order valence-corrected chi connectivity index (χ2v) is 5.84. The van der Waals surface area contributed by atoms with Crippen LogP contribution in [-0.4, -0.2) is 15.0 Å². The number of aryl methyl sites for hydroxylation is 2. The summed E-state index contributed by atoms with van der Waals surface area (Å²) in [5.74, 6) is 0. The van der Waals surface area contributed by atoms with Crippen molar-refractivity contribution in [2.45, 2.75) is 46.3 Å². The van der Waals surface area contributed by atoms with E-state index in [0.29, 0.717) is 12.2 Å². The van der Waals surface area contributed by atoms with E-state index in [1.165, 1.54) is 5.69 Å². The van der Waals surface area contributed by atoms with Crippen LogP contribution in [0.25, 0.3) is 5.65 Å². The molecule has 2 aromatic heterocycles. The van der Waals surface area contributed by atoms with E-state index in [-0.39, 0.29) is 5.60 Å². The Bertz CT molecular complexity index is 719. The summed E-state index contributed by atoms with van der Waals surface area (Å²) in [4.78, 5) is 4.54. The molecular weight excluding hydrogens is 238 g/mol. The van der Waals surface area contributed by atoms with Gasteiger partial charge in [-0.1, -0.05) is 0 Å². The zero-order valence-electron chi connectivity index (χ0n) is 11.7. The van der Waals surface area contributed by atoms with Gasteiger partial charge in [0.2, 0.25) is 0 Å². The monoisotopic (exact) mass is 255 g/mol. The molecule has 0 aliphatic carbocycles. The molecule has 0 unspecified atom stereocenters. The smallest absolute Gasteiger partial charge is 0.155 e. The maximum Gasteiger partial charge on any atom is 0.155 e. The number of nitrogens with zero attached hydrogens (tertiary/aromatic N) is 3. The lowest BCUT2D eigenvalue weighted by Gasteiger charge is -2.30. The van der Waals surface area contributed by atoms with Crippen LogP contribution >= 0.6 is 0 Å². The van der Waals surface area contributed by atoms with Crippen molar-refractivity contribution in [3.05, 3.63) is 34.3 Å². The van der Waals surface area contributed by atoms with Gasteiger partial charge in [0.15, 0.2) is 5.65 Å². The lowest BCUT2D eigenvalue weighted by molar-refractivity contribution is -0.0411. The molecule has 98 valence electrons. The fourth-order valence-electron chi connectivity index (χ4n) is 2.89. The van der Waals surface area contributed by atoms with Crippen molar-refractivity contribution in [2.75, 3.05) is 0 Å². The summed E-state index contributed by atoms with van der Waals surface area (Å²) in [6.45, 7) is 8.68. The van der Waals surface area contributed by atoms with Gasteiger partial charge in [0.1, 0.15) is 11.6 Å². The summed E-state index contributed by atoms with van der Waals surface area (Å²) in [6, 6.07) is 4.35. The summed E-state index contributed by atoms with van der Waals surface area (Å²) in [7, 11) is 0. The average Bonchev–Trinajstić information content (AvgIpc) is 2.60. The highest BCUT2D eigenvalue weighted by molar-refractivity contribution is 5.64. The van der Waals surface area contributed by atoms with Gasteiger partial charge >= 0.3 is 0 Å². The van der Waals surface area contributed by atoms with Crippen molar-refractivity contribution in [1.82, 2.24) is 9.38 Å². The van der Waals surface area contributed by atoms with Gasteiger partial charge in [-0.05, 0) is 33.8 Å². The zero-order valence-corrected chi connectivity index (χ0v) is 11.7. The second kappa shape index (κ2) is 3.82. The molecule has 0 spiro atoms. The summed E-state index contributed by atoms with van der Waals surface area (Å²) < 4.78 is 7.96. The number of rotatable bonds is 0. The van der Waals surface area contributed by atoms with Crippen LogP contribution in [0.2, 0.25) is 0 Å². The molecule has 4 nitrogen and oxygen atoms in total. The third-order valence-electron chi connectivity index (χ3n) is 3.72. The second-order valence-electron chi connectivity index (χ2n) is 5.84. The van der Waals surface area contributed by atoms with Gasteiger partial charge in [-0.2, -0.15) is 5.26 Å². The van der Waals surface area contributed by atoms with Gasteiger partial charge in [0.05, 0.1) is 12.2 Å². The minimum Gasteiger partial charge on any atom is -0.370 e. The largest absolute Gasteiger partial charge is 0.370 e. The van der Waals surface area contributed by atoms with E-state index in [4.69, 9.17) is 4.74 Å². The van der Waals surface area contributed by atoms with E-state index < -0.39 is 0 Å². The highest BCUT2D eigenvalue weighted by Crippen LogP contribution is 2.33. The van der Waals surface area contributed by atoms with Crippen molar-refractivity contribution < 1.29 is 4.74 Å². The van der Waals surface area contributed by atoms with E-state index in [1.807, 2.05) is 6.92 Å². The predicted molar refractivity (Wildman–Crippen MR) is 72.0 cm³/mol. The molecule has 0 N–H and O–H groups in total. The molecule has 3 heterocycles. The third-order valence-corrected chi connectivity index (χ3v) is 3.72. The first-order valence-corrected chi connectivity index (χ1v) is 6.47. The van der Waals surface area contributed by atoms with E-state index in [1.54, 1.807) is 0 Å². The molecule has 3 rings (SSSR count). The number of hydrogen-bond donors (Lipinski definition) is 0. The van der Waals surface area contributed by atoms with E-state index >= 15 is 0 Å². The van der Waals surface area contributed by atoms with Crippen molar-refractivity contribution in [3.63, 3.8) is 0 Å². The van der Waals surface area contributed by atoms with Crippen molar-refractivity contribution >= 4 is 5.65 Å². The molecule has 2 aromatic rings. The molecule has 0 amide bonds. The summed E-state index contributed by atoms with van der Waals surface area (Å²) in [5.41, 5.74) is 5.49. The zero-order chi connectivity index (χ0) is 13.8. The molecule has 0 saturated heterocycles. The fourth-order valence-corrected chi connectivity index (χ4v) is 2.89. The molecule has 1 aliphatic rings. The first-order valence-electron chi connectivity index (χ1n) is 6.47. The Hall–Kier alpha value is -1.86. The lowest BCUT2D eigenvalue weighted by Crippen LogP contribution is -2.32. The van der Waals surface area contributed by atoms with Crippen LogP contribution in [0.15, 0.2) is 6.07 Å². The summed E-state index contributed by atoms with van der Waals surface area (Å²) in [6.07, 6.45) is 0.802. The van der Waals surface area contributed by atoms with Gasteiger partial charge in [-0.25, -0.2) is 4.98 Å². The Morgan fingerprint density at radius 1 is 1.42 bits per heavy atom. The molecule has 0 atom stereocenters. The summed E-state index contributed by atoms with van der Waals surface area (Å²) in [5, 5.41) is 9.43.